The Hall–Kier alpha value is -3.55. The lowest BCUT2D eigenvalue weighted by Crippen LogP contribution is -2.44. The minimum atomic E-state index is -0.359. The SMILES string of the molecule is Cc1ccc(NC(=O)NCC2CCCN(C(=O)c3ccc(N4CCOC4=O)cc3)C2)cc1. The van der Waals surface area contributed by atoms with Crippen LogP contribution >= 0.6 is 0 Å². The molecule has 2 aliphatic heterocycles. The van der Waals surface area contributed by atoms with E-state index in [0.29, 0.717) is 38.3 Å². The molecule has 32 heavy (non-hydrogen) atoms. The van der Waals surface area contributed by atoms with Crippen molar-refractivity contribution in [1.82, 2.24) is 10.2 Å². The molecule has 0 aromatic heterocycles. The highest BCUT2D eigenvalue weighted by Crippen LogP contribution is 2.22. The number of benzene rings is 2. The number of carbonyl (C=O) groups is 3. The summed E-state index contributed by atoms with van der Waals surface area (Å²) in [6, 6.07) is 14.4. The zero-order valence-corrected chi connectivity index (χ0v) is 18.2. The van der Waals surface area contributed by atoms with Gasteiger partial charge in [0.25, 0.3) is 5.91 Å². The molecule has 2 N–H and O–H groups in total. The van der Waals surface area contributed by atoms with Crippen LogP contribution in [0.5, 0.6) is 0 Å². The Morgan fingerprint density at radius 1 is 1.06 bits per heavy atom. The van der Waals surface area contributed by atoms with Gasteiger partial charge in [-0.15, -0.1) is 0 Å². The number of ether oxygens (including phenoxy) is 1. The number of cyclic esters (lactones) is 1. The number of likely N-dealkylation sites (tertiary alicyclic amines) is 1. The quantitative estimate of drug-likeness (QED) is 0.749. The zero-order chi connectivity index (χ0) is 22.5. The van der Waals surface area contributed by atoms with Gasteiger partial charge in [0.1, 0.15) is 6.61 Å². The highest BCUT2D eigenvalue weighted by atomic mass is 16.6. The lowest BCUT2D eigenvalue weighted by Gasteiger charge is -2.33. The third-order valence-electron chi connectivity index (χ3n) is 5.85. The Morgan fingerprint density at radius 2 is 1.81 bits per heavy atom. The van der Waals surface area contributed by atoms with Crippen molar-refractivity contribution in [2.75, 3.05) is 43.0 Å². The van der Waals surface area contributed by atoms with Crippen LogP contribution in [0.3, 0.4) is 0 Å². The molecule has 4 amide bonds. The highest BCUT2D eigenvalue weighted by Gasteiger charge is 2.26. The largest absolute Gasteiger partial charge is 0.447 e. The summed E-state index contributed by atoms with van der Waals surface area (Å²) in [6.07, 6.45) is 1.50. The summed E-state index contributed by atoms with van der Waals surface area (Å²) in [4.78, 5) is 40.3. The lowest BCUT2D eigenvalue weighted by molar-refractivity contribution is 0.0675. The van der Waals surface area contributed by atoms with Gasteiger partial charge in [0.15, 0.2) is 0 Å². The average molecular weight is 437 g/mol. The number of carbonyl (C=O) groups excluding carboxylic acids is 3. The smallest absolute Gasteiger partial charge is 0.414 e. The van der Waals surface area contributed by atoms with Gasteiger partial charge in [0, 0.05) is 36.6 Å². The average Bonchev–Trinajstić information content (AvgIpc) is 3.25. The van der Waals surface area contributed by atoms with E-state index in [1.165, 1.54) is 0 Å². The Balaban J connectivity index is 1.28. The number of nitrogens with zero attached hydrogens (tertiary/aromatic N) is 2. The van der Waals surface area contributed by atoms with Crippen LogP contribution in [-0.4, -0.2) is 55.7 Å². The van der Waals surface area contributed by atoms with Crippen LogP contribution in [0, 0.1) is 12.8 Å². The first-order valence-corrected chi connectivity index (χ1v) is 10.9. The van der Waals surface area contributed by atoms with Crippen LogP contribution in [0.15, 0.2) is 48.5 Å². The fourth-order valence-corrected chi connectivity index (χ4v) is 4.06. The number of urea groups is 1. The fourth-order valence-electron chi connectivity index (χ4n) is 4.06. The van der Waals surface area contributed by atoms with Crippen molar-refractivity contribution in [1.29, 1.82) is 0 Å². The molecule has 2 aromatic carbocycles. The summed E-state index contributed by atoms with van der Waals surface area (Å²) in [5.74, 6) is 0.171. The number of piperidine rings is 1. The molecule has 0 spiro atoms. The maximum atomic E-state index is 13.0. The molecule has 4 rings (SSSR count). The molecule has 0 saturated carbocycles. The van der Waals surface area contributed by atoms with Gasteiger partial charge in [-0.25, -0.2) is 9.59 Å². The summed E-state index contributed by atoms with van der Waals surface area (Å²) in [5.41, 5.74) is 3.20. The van der Waals surface area contributed by atoms with E-state index in [-0.39, 0.29) is 23.9 Å². The molecule has 8 heteroatoms. The number of anilines is 2. The molecule has 168 valence electrons. The van der Waals surface area contributed by atoms with E-state index in [1.807, 2.05) is 36.1 Å². The second-order valence-corrected chi connectivity index (χ2v) is 8.27. The molecule has 0 bridgehead atoms. The number of hydrogen-bond acceptors (Lipinski definition) is 4. The van der Waals surface area contributed by atoms with Gasteiger partial charge in [0.2, 0.25) is 0 Å². The predicted molar refractivity (Wildman–Crippen MR) is 122 cm³/mol. The Kier molecular flexibility index (Phi) is 6.58. The second-order valence-electron chi connectivity index (χ2n) is 8.27. The van der Waals surface area contributed by atoms with E-state index in [9.17, 15) is 14.4 Å². The van der Waals surface area contributed by atoms with Gasteiger partial charge in [-0.2, -0.15) is 0 Å². The highest BCUT2D eigenvalue weighted by molar-refractivity contribution is 5.96. The maximum absolute atomic E-state index is 13.0. The Morgan fingerprint density at radius 3 is 2.50 bits per heavy atom. The molecule has 8 nitrogen and oxygen atoms in total. The summed E-state index contributed by atoms with van der Waals surface area (Å²) in [5, 5.41) is 5.75. The number of rotatable bonds is 5. The van der Waals surface area contributed by atoms with Crippen molar-refractivity contribution in [3.05, 3.63) is 59.7 Å². The number of amides is 4. The van der Waals surface area contributed by atoms with E-state index in [1.54, 1.807) is 29.2 Å². The molecule has 2 aliphatic rings. The molecular weight excluding hydrogens is 408 g/mol. The summed E-state index contributed by atoms with van der Waals surface area (Å²) < 4.78 is 4.96. The normalized spacial score (nSPS) is 18.3. The van der Waals surface area contributed by atoms with Crippen molar-refractivity contribution < 1.29 is 19.1 Å². The molecule has 0 radical (unpaired) electrons. The number of nitrogens with one attached hydrogen (secondary N) is 2. The van der Waals surface area contributed by atoms with Crippen LogP contribution in [-0.2, 0) is 4.74 Å². The van der Waals surface area contributed by atoms with Gasteiger partial charge >= 0.3 is 12.1 Å². The molecule has 2 heterocycles. The van der Waals surface area contributed by atoms with Crippen LogP contribution in [0.25, 0.3) is 0 Å². The van der Waals surface area contributed by atoms with Crippen LogP contribution in [0.1, 0.15) is 28.8 Å². The van der Waals surface area contributed by atoms with Crippen molar-refractivity contribution in [2.45, 2.75) is 19.8 Å². The summed E-state index contributed by atoms with van der Waals surface area (Å²) >= 11 is 0. The van der Waals surface area contributed by atoms with Gasteiger partial charge in [-0.1, -0.05) is 17.7 Å². The molecular formula is C24H28N4O4. The van der Waals surface area contributed by atoms with Crippen LogP contribution in [0.4, 0.5) is 21.0 Å². The third kappa shape index (κ3) is 5.19. The first kappa shape index (κ1) is 21.7. The fraction of sp³-hybridized carbons (Fsp3) is 0.375. The monoisotopic (exact) mass is 436 g/mol. The van der Waals surface area contributed by atoms with Crippen molar-refractivity contribution in [3.8, 4) is 0 Å². The van der Waals surface area contributed by atoms with E-state index in [2.05, 4.69) is 10.6 Å². The van der Waals surface area contributed by atoms with Gasteiger partial charge < -0.3 is 20.3 Å². The predicted octanol–water partition coefficient (Wildman–Crippen LogP) is 3.63. The maximum Gasteiger partial charge on any atom is 0.414 e. The summed E-state index contributed by atoms with van der Waals surface area (Å²) in [6.45, 7) is 4.71. The van der Waals surface area contributed by atoms with Crippen molar-refractivity contribution >= 4 is 29.4 Å². The van der Waals surface area contributed by atoms with E-state index in [0.717, 1.165) is 29.8 Å². The van der Waals surface area contributed by atoms with Gasteiger partial charge in [-0.05, 0) is 62.1 Å². The molecule has 1 atom stereocenters. The van der Waals surface area contributed by atoms with E-state index < -0.39 is 0 Å². The number of aryl methyl sites for hydroxylation is 1. The molecule has 0 aliphatic carbocycles. The molecule has 1 unspecified atom stereocenters. The Labute approximate surface area is 187 Å². The minimum Gasteiger partial charge on any atom is -0.447 e. The Bertz CT molecular complexity index is 974. The van der Waals surface area contributed by atoms with Crippen LogP contribution in [0.2, 0.25) is 0 Å². The van der Waals surface area contributed by atoms with Gasteiger partial charge in [-0.3, -0.25) is 9.69 Å². The zero-order valence-electron chi connectivity index (χ0n) is 18.2. The number of hydrogen-bond donors (Lipinski definition) is 2. The molecule has 2 fully saturated rings. The van der Waals surface area contributed by atoms with Crippen molar-refractivity contribution in [2.24, 2.45) is 5.92 Å². The standard InChI is InChI=1S/C24H28N4O4/c1-17-4-8-20(9-5-17)26-23(30)25-15-18-3-2-12-27(16-18)22(29)19-6-10-21(11-7-19)28-13-14-32-24(28)31/h4-11,18H,2-3,12-16H2,1H3,(H2,25,26,30). The molecule has 2 aromatic rings. The van der Waals surface area contributed by atoms with E-state index >= 15 is 0 Å². The van der Waals surface area contributed by atoms with E-state index in [4.69, 9.17) is 4.74 Å². The van der Waals surface area contributed by atoms with Crippen LogP contribution < -0.4 is 15.5 Å². The lowest BCUT2D eigenvalue weighted by atomic mass is 9.97. The second kappa shape index (κ2) is 9.72. The van der Waals surface area contributed by atoms with Gasteiger partial charge in [0.05, 0.1) is 6.54 Å². The molecule has 2 saturated heterocycles. The minimum absolute atomic E-state index is 0.0330. The summed E-state index contributed by atoms with van der Waals surface area (Å²) in [7, 11) is 0. The first-order chi connectivity index (χ1) is 15.5. The third-order valence-corrected chi connectivity index (χ3v) is 5.85. The topological polar surface area (TPSA) is 91.0 Å². The first-order valence-electron chi connectivity index (χ1n) is 10.9. The van der Waals surface area contributed by atoms with Crippen molar-refractivity contribution in [3.63, 3.8) is 0 Å².